The molecule has 0 bridgehead atoms. The molecule has 1 N–H and O–H groups in total. The highest BCUT2D eigenvalue weighted by molar-refractivity contribution is 6.21. The smallest absolute Gasteiger partial charge is 0.263 e. The van der Waals surface area contributed by atoms with Gasteiger partial charge in [-0.3, -0.25) is 9.59 Å². The van der Waals surface area contributed by atoms with E-state index in [0.29, 0.717) is 6.61 Å². The van der Waals surface area contributed by atoms with Gasteiger partial charge in [-0.25, -0.2) is 4.90 Å². The number of hydrogen-bond donors (Lipinski definition) is 1. The molecule has 0 unspecified atom stereocenters. The van der Waals surface area contributed by atoms with Crippen LogP contribution in [0.2, 0.25) is 0 Å². The normalized spacial score (nSPS) is 22.1. The summed E-state index contributed by atoms with van der Waals surface area (Å²) in [6.07, 6.45) is -5.06. The molecular weight excluding hydrogens is 546 g/mol. The van der Waals surface area contributed by atoms with Crippen LogP contribution in [0.25, 0.3) is 0 Å². The van der Waals surface area contributed by atoms with Gasteiger partial charge in [0, 0.05) is 0 Å². The van der Waals surface area contributed by atoms with E-state index in [1.807, 2.05) is 91.0 Å². The second-order valence-electron chi connectivity index (χ2n) is 10.6. The average molecular weight is 580 g/mol. The molecule has 6 rings (SSSR count). The minimum Gasteiger partial charge on any atom is -0.386 e. The van der Waals surface area contributed by atoms with E-state index < -0.39 is 42.5 Å². The summed E-state index contributed by atoms with van der Waals surface area (Å²) >= 11 is 0. The van der Waals surface area contributed by atoms with E-state index in [-0.39, 0.29) is 30.9 Å². The van der Waals surface area contributed by atoms with Crippen LogP contribution < -0.4 is 0 Å². The molecule has 2 aliphatic rings. The van der Waals surface area contributed by atoms with Crippen LogP contribution in [0.4, 0.5) is 0 Å². The van der Waals surface area contributed by atoms with Gasteiger partial charge in [0.2, 0.25) is 0 Å². The van der Waals surface area contributed by atoms with Gasteiger partial charge in [-0.2, -0.15) is 0 Å². The third-order valence-electron chi connectivity index (χ3n) is 7.68. The summed E-state index contributed by atoms with van der Waals surface area (Å²) in [6.45, 7) is 0.921. The van der Waals surface area contributed by atoms with Crippen LogP contribution in [-0.2, 0) is 38.8 Å². The van der Waals surface area contributed by atoms with Crippen LogP contribution in [-0.4, -0.2) is 59.1 Å². The largest absolute Gasteiger partial charge is 0.386 e. The number of amides is 2. The van der Waals surface area contributed by atoms with E-state index in [0.717, 1.165) is 21.6 Å². The van der Waals surface area contributed by atoms with Crippen LogP contribution in [0.1, 0.15) is 37.4 Å². The van der Waals surface area contributed by atoms with Gasteiger partial charge in [-0.1, -0.05) is 103 Å². The van der Waals surface area contributed by atoms with Crippen molar-refractivity contribution in [3.8, 4) is 0 Å². The van der Waals surface area contributed by atoms with Crippen molar-refractivity contribution in [2.24, 2.45) is 0 Å². The van der Waals surface area contributed by atoms with Crippen LogP contribution in [0, 0.1) is 0 Å². The molecule has 2 heterocycles. The van der Waals surface area contributed by atoms with Crippen molar-refractivity contribution in [1.82, 2.24) is 4.90 Å². The Morgan fingerprint density at radius 2 is 1.16 bits per heavy atom. The number of imide groups is 1. The summed E-state index contributed by atoms with van der Waals surface area (Å²) in [7, 11) is 0. The van der Waals surface area contributed by atoms with Crippen molar-refractivity contribution < 1.29 is 33.6 Å². The molecule has 8 nitrogen and oxygen atoms in total. The number of ether oxygens (including phenoxy) is 4. The number of aliphatic hydroxyl groups excluding tert-OH is 1. The number of carbonyl (C=O) groups excluding carboxylic acids is 2. The number of nitrogens with zero attached hydrogens (tertiary/aromatic N) is 1. The van der Waals surface area contributed by atoms with Gasteiger partial charge >= 0.3 is 0 Å². The standard InChI is InChI=1S/C35H33NO7/c37-30-32(42-22-26-16-8-3-9-17-26)31(43-35(30)36-33(38)27-18-10-11-19-28(27)34(36)39)29(41-21-25-14-6-2-7-15-25)23-40-20-24-12-4-1-5-13-24/h1-19,29-32,35,37H,20-23H2/t29-,30-,31-,32-,35-/m1/s1. The maximum atomic E-state index is 13.4. The van der Waals surface area contributed by atoms with Gasteiger partial charge in [-0.15, -0.1) is 0 Å². The first-order chi connectivity index (χ1) is 21.1. The highest BCUT2D eigenvalue weighted by Crippen LogP contribution is 2.35. The molecule has 0 saturated carbocycles. The van der Waals surface area contributed by atoms with E-state index in [9.17, 15) is 14.7 Å². The van der Waals surface area contributed by atoms with E-state index in [2.05, 4.69) is 0 Å². The second-order valence-corrected chi connectivity index (χ2v) is 10.6. The van der Waals surface area contributed by atoms with Crippen molar-refractivity contribution >= 4 is 11.8 Å². The minimum atomic E-state index is -1.33. The fraction of sp³-hybridized carbons (Fsp3) is 0.257. The predicted octanol–water partition coefficient (Wildman–Crippen LogP) is 4.76. The summed E-state index contributed by atoms with van der Waals surface area (Å²) in [5, 5.41) is 11.6. The monoisotopic (exact) mass is 579 g/mol. The van der Waals surface area contributed by atoms with E-state index >= 15 is 0 Å². The topological polar surface area (TPSA) is 94.5 Å². The van der Waals surface area contributed by atoms with E-state index in [1.165, 1.54) is 0 Å². The predicted molar refractivity (Wildman–Crippen MR) is 158 cm³/mol. The first-order valence-corrected chi connectivity index (χ1v) is 14.3. The molecule has 2 aliphatic heterocycles. The summed E-state index contributed by atoms with van der Waals surface area (Å²) in [5.74, 6) is -1.04. The Morgan fingerprint density at radius 3 is 1.72 bits per heavy atom. The van der Waals surface area contributed by atoms with Crippen LogP contribution in [0.15, 0.2) is 115 Å². The summed E-state index contributed by atoms with van der Waals surface area (Å²) in [4.78, 5) is 27.7. The lowest BCUT2D eigenvalue weighted by molar-refractivity contribution is -0.146. The van der Waals surface area contributed by atoms with Crippen molar-refractivity contribution in [1.29, 1.82) is 0 Å². The van der Waals surface area contributed by atoms with Gasteiger partial charge in [0.1, 0.15) is 24.4 Å². The third-order valence-corrected chi connectivity index (χ3v) is 7.68. The number of rotatable bonds is 12. The lowest BCUT2D eigenvalue weighted by Gasteiger charge is -2.28. The molecule has 8 heteroatoms. The molecule has 43 heavy (non-hydrogen) atoms. The fourth-order valence-corrected chi connectivity index (χ4v) is 5.47. The van der Waals surface area contributed by atoms with Gasteiger partial charge < -0.3 is 24.1 Å². The second kappa shape index (κ2) is 13.4. The molecule has 1 fully saturated rings. The van der Waals surface area contributed by atoms with Gasteiger partial charge in [-0.05, 0) is 28.8 Å². The van der Waals surface area contributed by atoms with Crippen LogP contribution in [0.5, 0.6) is 0 Å². The zero-order chi connectivity index (χ0) is 29.6. The molecule has 0 aromatic heterocycles. The Kier molecular flexibility index (Phi) is 9.02. The maximum Gasteiger partial charge on any atom is 0.263 e. The molecule has 5 atom stereocenters. The van der Waals surface area contributed by atoms with E-state index in [4.69, 9.17) is 18.9 Å². The zero-order valence-electron chi connectivity index (χ0n) is 23.5. The number of hydrogen-bond acceptors (Lipinski definition) is 7. The van der Waals surface area contributed by atoms with Crippen LogP contribution >= 0.6 is 0 Å². The molecule has 0 spiro atoms. The van der Waals surface area contributed by atoms with Gasteiger partial charge in [0.15, 0.2) is 6.23 Å². The Labute approximate surface area is 250 Å². The molecule has 0 aliphatic carbocycles. The van der Waals surface area contributed by atoms with Gasteiger partial charge in [0.25, 0.3) is 11.8 Å². The molecule has 0 radical (unpaired) electrons. The quantitative estimate of drug-likeness (QED) is 0.242. The Morgan fingerprint density at radius 1 is 0.674 bits per heavy atom. The molecular formula is C35H33NO7. The molecule has 4 aromatic rings. The van der Waals surface area contributed by atoms with Crippen LogP contribution in [0.3, 0.4) is 0 Å². The zero-order valence-corrected chi connectivity index (χ0v) is 23.5. The highest BCUT2D eigenvalue weighted by atomic mass is 16.6. The molecule has 2 amide bonds. The van der Waals surface area contributed by atoms with Crippen molar-refractivity contribution in [3.05, 3.63) is 143 Å². The summed E-state index contributed by atoms with van der Waals surface area (Å²) in [5.41, 5.74) is 3.40. The fourth-order valence-electron chi connectivity index (χ4n) is 5.47. The number of fused-ring (bicyclic) bond motifs is 1. The first kappa shape index (κ1) is 28.9. The van der Waals surface area contributed by atoms with Crippen molar-refractivity contribution in [3.63, 3.8) is 0 Å². The Bertz CT molecular complexity index is 1480. The highest BCUT2D eigenvalue weighted by Gasteiger charge is 2.55. The summed E-state index contributed by atoms with van der Waals surface area (Å²) in [6, 6.07) is 35.6. The van der Waals surface area contributed by atoms with Gasteiger partial charge in [0.05, 0.1) is 37.6 Å². The number of benzene rings is 4. The van der Waals surface area contributed by atoms with E-state index in [1.54, 1.807) is 24.3 Å². The molecule has 220 valence electrons. The Hall–Kier alpha value is -4.18. The Balaban J connectivity index is 1.27. The third kappa shape index (κ3) is 6.44. The maximum absolute atomic E-state index is 13.4. The number of carbonyl (C=O) groups is 2. The lowest BCUT2D eigenvalue weighted by atomic mass is 10.0. The molecule has 1 saturated heterocycles. The van der Waals surface area contributed by atoms with Crippen molar-refractivity contribution in [2.45, 2.75) is 50.5 Å². The first-order valence-electron chi connectivity index (χ1n) is 14.3. The molecule has 4 aromatic carbocycles. The minimum absolute atomic E-state index is 0.124. The number of aliphatic hydroxyl groups is 1. The lowest BCUT2D eigenvalue weighted by Crippen LogP contribution is -2.47. The summed E-state index contributed by atoms with van der Waals surface area (Å²) < 4.78 is 25.1. The average Bonchev–Trinajstić information content (AvgIpc) is 3.50. The van der Waals surface area contributed by atoms with Crippen molar-refractivity contribution in [2.75, 3.05) is 6.61 Å². The SMILES string of the molecule is O=C1c2ccccc2C(=O)N1[C@@H]1O[C@H]([C@@H](COCc2ccccc2)OCc2ccccc2)[C@H](OCc2ccccc2)[C@H]1O.